The summed E-state index contributed by atoms with van der Waals surface area (Å²) in [6, 6.07) is 23.2. The van der Waals surface area contributed by atoms with Gasteiger partial charge in [-0.1, -0.05) is 42.5 Å². The number of rotatable bonds is 6. The summed E-state index contributed by atoms with van der Waals surface area (Å²) in [5, 5.41) is 0. The van der Waals surface area contributed by atoms with Crippen molar-refractivity contribution in [2.75, 3.05) is 11.8 Å². The second-order valence-corrected chi connectivity index (χ2v) is 8.13. The summed E-state index contributed by atoms with van der Waals surface area (Å²) >= 11 is 0. The lowest BCUT2D eigenvalue weighted by atomic mass is 10.1. The third-order valence-corrected chi connectivity index (χ3v) is 5.81. The number of anilines is 1. The van der Waals surface area contributed by atoms with Crippen molar-refractivity contribution in [1.82, 2.24) is 9.97 Å². The van der Waals surface area contributed by atoms with E-state index in [2.05, 4.69) is 14.7 Å². The molecule has 6 nitrogen and oxygen atoms in total. The molecule has 1 heterocycles. The van der Waals surface area contributed by atoms with Crippen LogP contribution in [-0.2, 0) is 16.4 Å². The number of hydrogen-bond acceptors (Lipinski definition) is 5. The van der Waals surface area contributed by atoms with E-state index in [0.29, 0.717) is 23.1 Å². The van der Waals surface area contributed by atoms with Crippen LogP contribution in [0.5, 0.6) is 5.75 Å². The first kappa shape index (κ1) is 18.9. The minimum Gasteiger partial charge on any atom is -0.497 e. The number of hydrogen-bond donors (Lipinski definition) is 1. The molecule has 0 radical (unpaired) electrons. The van der Waals surface area contributed by atoms with Gasteiger partial charge in [-0.05, 0) is 42.0 Å². The molecule has 146 valence electrons. The summed E-state index contributed by atoms with van der Waals surface area (Å²) in [5.74, 6) is 0.978. The van der Waals surface area contributed by atoms with Gasteiger partial charge in [-0.25, -0.2) is 18.4 Å². The summed E-state index contributed by atoms with van der Waals surface area (Å²) in [5.41, 5.74) is 2.85. The third kappa shape index (κ3) is 4.20. The van der Waals surface area contributed by atoms with Gasteiger partial charge in [0.15, 0.2) is 5.82 Å². The fourth-order valence-corrected chi connectivity index (χ4v) is 4.02. The molecule has 3 aromatic carbocycles. The first-order valence-corrected chi connectivity index (χ1v) is 10.5. The molecule has 4 rings (SSSR count). The third-order valence-electron chi connectivity index (χ3n) is 4.46. The van der Waals surface area contributed by atoms with Gasteiger partial charge < -0.3 is 4.74 Å². The molecule has 0 atom stereocenters. The van der Waals surface area contributed by atoms with Crippen molar-refractivity contribution in [2.45, 2.75) is 11.3 Å². The molecule has 7 heteroatoms. The highest BCUT2D eigenvalue weighted by Gasteiger charge is 2.18. The molecular formula is C22H19N3O3S. The summed E-state index contributed by atoms with van der Waals surface area (Å²) in [4.78, 5) is 9.38. The summed E-state index contributed by atoms with van der Waals surface area (Å²) in [6.07, 6.45) is 0.425. The van der Waals surface area contributed by atoms with E-state index in [-0.39, 0.29) is 10.7 Å². The van der Waals surface area contributed by atoms with E-state index >= 15 is 0 Å². The van der Waals surface area contributed by atoms with E-state index in [1.807, 2.05) is 42.5 Å². The zero-order valence-electron chi connectivity index (χ0n) is 15.7. The van der Waals surface area contributed by atoms with Crippen LogP contribution in [-0.4, -0.2) is 25.5 Å². The number of nitrogens with one attached hydrogen (secondary N) is 1. The number of ether oxygens (including phenoxy) is 1. The van der Waals surface area contributed by atoms with E-state index in [1.165, 1.54) is 0 Å². The van der Waals surface area contributed by atoms with Crippen LogP contribution in [0.3, 0.4) is 0 Å². The molecule has 0 saturated carbocycles. The summed E-state index contributed by atoms with van der Waals surface area (Å²) in [6.45, 7) is 0. The smallest absolute Gasteiger partial charge is 0.263 e. The molecule has 0 aliphatic carbocycles. The molecule has 4 aromatic rings. The van der Waals surface area contributed by atoms with Crippen molar-refractivity contribution < 1.29 is 13.2 Å². The largest absolute Gasteiger partial charge is 0.497 e. The second-order valence-electron chi connectivity index (χ2n) is 6.45. The molecule has 0 fully saturated rings. The maximum absolute atomic E-state index is 12.8. The fraction of sp³-hybridized carbons (Fsp3) is 0.0909. The van der Waals surface area contributed by atoms with Crippen LogP contribution in [0, 0.1) is 0 Å². The number of sulfonamides is 1. The van der Waals surface area contributed by atoms with Crippen LogP contribution in [0.15, 0.2) is 83.8 Å². The Morgan fingerprint density at radius 1 is 0.828 bits per heavy atom. The molecule has 0 bridgehead atoms. The van der Waals surface area contributed by atoms with Gasteiger partial charge in [-0.3, -0.25) is 4.72 Å². The van der Waals surface area contributed by atoms with Gasteiger partial charge in [0.1, 0.15) is 5.75 Å². The summed E-state index contributed by atoms with van der Waals surface area (Å²) in [7, 11) is -2.17. The van der Waals surface area contributed by atoms with Crippen molar-refractivity contribution in [1.29, 1.82) is 0 Å². The minimum absolute atomic E-state index is 0.172. The zero-order valence-corrected chi connectivity index (χ0v) is 16.6. The topological polar surface area (TPSA) is 81.2 Å². The van der Waals surface area contributed by atoms with Crippen LogP contribution < -0.4 is 9.46 Å². The Bertz CT molecular complexity index is 1240. The highest BCUT2D eigenvalue weighted by Crippen LogP contribution is 2.23. The Hall–Kier alpha value is -3.45. The molecule has 0 saturated heterocycles. The van der Waals surface area contributed by atoms with Crippen molar-refractivity contribution in [3.63, 3.8) is 0 Å². The van der Waals surface area contributed by atoms with Gasteiger partial charge in [0.05, 0.1) is 28.7 Å². The maximum Gasteiger partial charge on any atom is 0.263 e. The van der Waals surface area contributed by atoms with Crippen LogP contribution in [0.2, 0.25) is 0 Å². The second kappa shape index (κ2) is 7.89. The Morgan fingerprint density at radius 2 is 1.45 bits per heavy atom. The highest BCUT2D eigenvalue weighted by atomic mass is 32.2. The van der Waals surface area contributed by atoms with E-state index in [1.54, 1.807) is 43.5 Å². The van der Waals surface area contributed by atoms with Crippen LogP contribution in [0.1, 0.15) is 11.3 Å². The Morgan fingerprint density at radius 3 is 2.10 bits per heavy atom. The average Bonchev–Trinajstić information content (AvgIpc) is 2.75. The van der Waals surface area contributed by atoms with Gasteiger partial charge in [0.2, 0.25) is 0 Å². The molecule has 29 heavy (non-hydrogen) atoms. The number of nitrogens with zero attached hydrogens (tertiary/aromatic N) is 2. The molecular weight excluding hydrogens is 386 g/mol. The molecule has 0 aliphatic heterocycles. The molecule has 0 aliphatic rings. The lowest BCUT2D eigenvalue weighted by molar-refractivity contribution is 0.414. The number of para-hydroxylation sites is 2. The van der Waals surface area contributed by atoms with Crippen molar-refractivity contribution >= 4 is 26.9 Å². The Labute approximate surface area is 169 Å². The van der Waals surface area contributed by atoms with Crippen LogP contribution in [0.4, 0.5) is 5.82 Å². The predicted octanol–water partition coefficient (Wildman–Crippen LogP) is 4.03. The molecule has 0 unspecified atom stereocenters. The molecule has 1 N–H and O–H groups in total. The lowest BCUT2D eigenvalue weighted by Gasteiger charge is -2.13. The average molecular weight is 405 g/mol. The van der Waals surface area contributed by atoms with E-state index in [4.69, 9.17) is 4.74 Å². The highest BCUT2D eigenvalue weighted by molar-refractivity contribution is 7.92. The van der Waals surface area contributed by atoms with Crippen molar-refractivity contribution in [3.05, 3.63) is 90.1 Å². The lowest BCUT2D eigenvalue weighted by Crippen LogP contribution is -2.16. The zero-order chi connectivity index (χ0) is 20.3. The number of aromatic nitrogens is 2. The van der Waals surface area contributed by atoms with Crippen molar-refractivity contribution in [3.8, 4) is 5.75 Å². The first-order chi connectivity index (χ1) is 14.0. The number of methoxy groups -OCH3 is 1. The molecule has 0 spiro atoms. The first-order valence-electron chi connectivity index (χ1n) is 9.01. The quantitative estimate of drug-likeness (QED) is 0.524. The number of fused-ring (bicyclic) bond motifs is 1. The standard InChI is InChI=1S/C22H19N3O3S/c1-28-17-13-11-16(12-14-17)15-21-22(24-20-10-6-5-9-19(20)23-21)25-29(26,27)18-7-3-2-4-8-18/h2-14H,15H2,1H3,(H,24,25). The minimum atomic E-state index is -3.78. The van der Waals surface area contributed by atoms with Gasteiger partial charge in [0, 0.05) is 6.42 Å². The monoisotopic (exact) mass is 405 g/mol. The summed E-state index contributed by atoms with van der Waals surface area (Å²) < 4.78 is 33.5. The van der Waals surface area contributed by atoms with Gasteiger partial charge >= 0.3 is 0 Å². The van der Waals surface area contributed by atoms with Crippen LogP contribution in [0.25, 0.3) is 11.0 Å². The SMILES string of the molecule is COc1ccc(Cc2nc3ccccc3nc2NS(=O)(=O)c2ccccc2)cc1. The van der Waals surface area contributed by atoms with E-state index in [9.17, 15) is 8.42 Å². The maximum atomic E-state index is 12.8. The molecule has 0 amide bonds. The Kier molecular flexibility index (Phi) is 5.14. The normalized spacial score (nSPS) is 11.3. The Balaban J connectivity index is 1.75. The molecule has 1 aromatic heterocycles. The number of benzene rings is 3. The van der Waals surface area contributed by atoms with Gasteiger partial charge in [-0.15, -0.1) is 0 Å². The van der Waals surface area contributed by atoms with Gasteiger partial charge in [-0.2, -0.15) is 0 Å². The van der Waals surface area contributed by atoms with E-state index in [0.717, 1.165) is 11.3 Å². The van der Waals surface area contributed by atoms with E-state index < -0.39 is 10.0 Å². The van der Waals surface area contributed by atoms with Crippen LogP contribution >= 0.6 is 0 Å². The van der Waals surface area contributed by atoms with Gasteiger partial charge in [0.25, 0.3) is 10.0 Å². The fourth-order valence-electron chi connectivity index (χ4n) is 2.96. The predicted molar refractivity (Wildman–Crippen MR) is 113 cm³/mol. The van der Waals surface area contributed by atoms with Crippen molar-refractivity contribution in [2.24, 2.45) is 0 Å².